The van der Waals surface area contributed by atoms with E-state index in [1.807, 2.05) is 0 Å². The van der Waals surface area contributed by atoms with Crippen LogP contribution in [0.15, 0.2) is 0 Å². The van der Waals surface area contributed by atoms with E-state index in [-0.39, 0.29) is 5.97 Å². The first-order valence-corrected chi connectivity index (χ1v) is 11.8. The number of unbranched alkanes of at least 4 members (excludes halogenated alkanes) is 8. The van der Waals surface area contributed by atoms with Crippen LogP contribution in [0.2, 0.25) is 0 Å². The topological polar surface area (TPSA) is 63.2 Å². The first kappa shape index (κ1) is 28.3. The van der Waals surface area contributed by atoms with Gasteiger partial charge in [-0.3, -0.25) is 4.79 Å². The summed E-state index contributed by atoms with van der Waals surface area (Å²) in [5.74, 6) is -0.165. The highest BCUT2D eigenvalue weighted by Gasteiger charge is 2.00. The van der Waals surface area contributed by atoms with Crippen LogP contribution in [0, 0.1) is 0 Å². The molecule has 0 unspecified atom stereocenters. The van der Waals surface area contributed by atoms with Crippen molar-refractivity contribution in [2.45, 2.75) is 84.5 Å². The molecule has 0 aliphatic heterocycles. The molecule has 29 heavy (non-hydrogen) atoms. The first-order chi connectivity index (χ1) is 14.3. The third kappa shape index (κ3) is 25.3. The molecule has 174 valence electrons. The lowest BCUT2D eigenvalue weighted by molar-refractivity contribution is -0.143. The van der Waals surface area contributed by atoms with Crippen LogP contribution in [-0.4, -0.2) is 65.4 Å². The summed E-state index contributed by atoms with van der Waals surface area (Å²) in [5, 5.41) is 0. The molecule has 0 radical (unpaired) electrons. The van der Waals surface area contributed by atoms with Crippen LogP contribution in [0.5, 0.6) is 0 Å². The summed E-state index contributed by atoms with van der Waals surface area (Å²) in [6.45, 7) is 9.36. The Morgan fingerprint density at radius 2 is 0.931 bits per heavy atom. The van der Waals surface area contributed by atoms with Gasteiger partial charge in [-0.25, -0.2) is 0 Å². The van der Waals surface area contributed by atoms with E-state index in [0.29, 0.717) is 65.7 Å². The minimum absolute atomic E-state index is 0.165. The van der Waals surface area contributed by atoms with Gasteiger partial charge in [-0.1, -0.05) is 58.3 Å². The lowest BCUT2D eigenvalue weighted by Gasteiger charge is -2.07. The van der Waals surface area contributed by atoms with Gasteiger partial charge in [-0.15, -0.1) is 0 Å². The van der Waals surface area contributed by atoms with Gasteiger partial charge in [0.15, 0.2) is 0 Å². The van der Waals surface area contributed by atoms with Gasteiger partial charge in [-0.05, 0) is 19.8 Å². The monoisotopic (exact) mass is 418 g/mol. The van der Waals surface area contributed by atoms with Gasteiger partial charge < -0.3 is 23.7 Å². The zero-order valence-electron chi connectivity index (χ0n) is 19.1. The summed E-state index contributed by atoms with van der Waals surface area (Å²) in [6, 6.07) is 0. The maximum absolute atomic E-state index is 11.1. The van der Waals surface area contributed by atoms with Gasteiger partial charge in [0, 0.05) is 19.6 Å². The number of ether oxygens (including phenoxy) is 5. The fraction of sp³-hybridized carbons (Fsp3) is 0.957. The Balaban J connectivity index is 3.02. The third-order valence-electron chi connectivity index (χ3n) is 4.48. The van der Waals surface area contributed by atoms with E-state index in [2.05, 4.69) is 6.92 Å². The van der Waals surface area contributed by atoms with Crippen LogP contribution in [0.3, 0.4) is 0 Å². The molecule has 0 aromatic rings. The van der Waals surface area contributed by atoms with Crippen molar-refractivity contribution in [2.75, 3.05) is 59.5 Å². The first-order valence-electron chi connectivity index (χ1n) is 11.8. The Labute approximate surface area is 178 Å². The molecule has 0 N–H and O–H groups in total. The molecule has 0 heterocycles. The van der Waals surface area contributed by atoms with Crippen molar-refractivity contribution < 1.29 is 28.5 Å². The standard InChI is InChI=1S/C23H46O6/c1-3-5-6-7-8-9-10-11-12-15-25-17-19-27-21-22-28-20-18-26-16-13-14-23(24)29-4-2/h3-22H2,1-2H3. The molecule has 0 fully saturated rings. The summed E-state index contributed by atoms with van der Waals surface area (Å²) < 4.78 is 26.7. The Morgan fingerprint density at radius 3 is 1.41 bits per heavy atom. The van der Waals surface area contributed by atoms with Crippen molar-refractivity contribution in [3.8, 4) is 0 Å². The second kappa shape index (κ2) is 25.3. The molecule has 0 spiro atoms. The summed E-state index contributed by atoms with van der Waals surface area (Å²) in [5.41, 5.74) is 0. The molecule has 0 aromatic heterocycles. The quantitative estimate of drug-likeness (QED) is 0.164. The maximum Gasteiger partial charge on any atom is 0.305 e. The number of carbonyl (C=O) groups is 1. The number of hydrogen-bond acceptors (Lipinski definition) is 6. The number of carbonyl (C=O) groups excluding carboxylic acids is 1. The normalized spacial score (nSPS) is 11.1. The minimum atomic E-state index is -0.165. The SMILES string of the molecule is CCCCCCCCCCCOCCOCCOCCOCCCC(=O)OCC. The zero-order chi connectivity index (χ0) is 21.3. The molecule has 0 aromatic carbocycles. The summed E-state index contributed by atoms with van der Waals surface area (Å²) in [6.07, 6.45) is 13.1. The second-order valence-electron chi connectivity index (χ2n) is 7.19. The summed E-state index contributed by atoms with van der Waals surface area (Å²) >= 11 is 0. The lowest BCUT2D eigenvalue weighted by Crippen LogP contribution is -2.12. The molecule has 0 saturated heterocycles. The largest absolute Gasteiger partial charge is 0.466 e. The van der Waals surface area contributed by atoms with E-state index in [1.165, 1.54) is 51.4 Å². The van der Waals surface area contributed by atoms with Crippen LogP contribution >= 0.6 is 0 Å². The Hall–Kier alpha value is -0.690. The summed E-state index contributed by atoms with van der Waals surface area (Å²) in [4.78, 5) is 11.1. The molecule has 0 atom stereocenters. The van der Waals surface area contributed by atoms with Crippen molar-refractivity contribution in [3.63, 3.8) is 0 Å². The fourth-order valence-electron chi connectivity index (χ4n) is 2.83. The molecular formula is C23H46O6. The van der Waals surface area contributed by atoms with Crippen LogP contribution < -0.4 is 0 Å². The van der Waals surface area contributed by atoms with Gasteiger partial charge in [0.25, 0.3) is 0 Å². The van der Waals surface area contributed by atoms with Crippen LogP contribution in [0.1, 0.15) is 84.5 Å². The van der Waals surface area contributed by atoms with E-state index >= 15 is 0 Å². The second-order valence-corrected chi connectivity index (χ2v) is 7.19. The van der Waals surface area contributed by atoms with Gasteiger partial charge in [0.2, 0.25) is 0 Å². The van der Waals surface area contributed by atoms with Crippen molar-refractivity contribution >= 4 is 5.97 Å². The van der Waals surface area contributed by atoms with Gasteiger partial charge in [0.05, 0.1) is 46.2 Å². The molecule has 0 aliphatic rings. The average molecular weight is 419 g/mol. The number of hydrogen-bond donors (Lipinski definition) is 0. The molecule has 0 aliphatic carbocycles. The number of esters is 1. The van der Waals surface area contributed by atoms with Crippen molar-refractivity contribution in [3.05, 3.63) is 0 Å². The van der Waals surface area contributed by atoms with Crippen molar-refractivity contribution in [1.29, 1.82) is 0 Å². The van der Waals surface area contributed by atoms with E-state index in [9.17, 15) is 4.79 Å². The zero-order valence-corrected chi connectivity index (χ0v) is 19.1. The van der Waals surface area contributed by atoms with E-state index in [0.717, 1.165) is 13.0 Å². The molecular weight excluding hydrogens is 372 g/mol. The van der Waals surface area contributed by atoms with Gasteiger partial charge in [0.1, 0.15) is 0 Å². The molecule has 6 nitrogen and oxygen atoms in total. The summed E-state index contributed by atoms with van der Waals surface area (Å²) in [7, 11) is 0. The van der Waals surface area contributed by atoms with E-state index in [1.54, 1.807) is 6.92 Å². The Kier molecular flexibility index (Phi) is 24.7. The van der Waals surface area contributed by atoms with E-state index in [4.69, 9.17) is 23.7 Å². The van der Waals surface area contributed by atoms with Gasteiger partial charge in [-0.2, -0.15) is 0 Å². The number of rotatable bonds is 24. The van der Waals surface area contributed by atoms with Crippen LogP contribution in [0.25, 0.3) is 0 Å². The fourth-order valence-corrected chi connectivity index (χ4v) is 2.83. The molecule has 0 amide bonds. The maximum atomic E-state index is 11.1. The van der Waals surface area contributed by atoms with Crippen molar-refractivity contribution in [1.82, 2.24) is 0 Å². The van der Waals surface area contributed by atoms with Crippen LogP contribution in [-0.2, 0) is 28.5 Å². The highest BCUT2D eigenvalue weighted by Crippen LogP contribution is 2.09. The average Bonchev–Trinajstić information content (AvgIpc) is 2.72. The molecule has 0 saturated carbocycles. The van der Waals surface area contributed by atoms with Crippen molar-refractivity contribution in [2.24, 2.45) is 0 Å². The molecule has 6 heteroatoms. The van der Waals surface area contributed by atoms with Crippen LogP contribution in [0.4, 0.5) is 0 Å². The lowest BCUT2D eigenvalue weighted by atomic mass is 10.1. The predicted molar refractivity (Wildman–Crippen MR) is 116 cm³/mol. The van der Waals surface area contributed by atoms with Gasteiger partial charge >= 0.3 is 5.97 Å². The highest BCUT2D eigenvalue weighted by atomic mass is 16.6. The molecule has 0 bridgehead atoms. The predicted octanol–water partition coefficient (Wildman–Crippen LogP) is 4.93. The smallest absolute Gasteiger partial charge is 0.305 e. The minimum Gasteiger partial charge on any atom is -0.466 e. The Bertz CT molecular complexity index is 324. The molecule has 0 rings (SSSR count). The highest BCUT2D eigenvalue weighted by molar-refractivity contribution is 5.69. The Morgan fingerprint density at radius 1 is 0.517 bits per heavy atom. The van der Waals surface area contributed by atoms with E-state index < -0.39 is 0 Å². The third-order valence-corrected chi connectivity index (χ3v) is 4.48.